The number of nitrogens with zero attached hydrogens (tertiary/aromatic N) is 2. The summed E-state index contributed by atoms with van der Waals surface area (Å²) in [6, 6.07) is 10.3. The lowest BCUT2D eigenvalue weighted by Gasteiger charge is -2.14. The van der Waals surface area contributed by atoms with E-state index < -0.39 is 0 Å². The molecule has 3 rings (SSSR count). The minimum absolute atomic E-state index is 0.0750. The fourth-order valence-electron chi connectivity index (χ4n) is 3.62. The van der Waals surface area contributed by atoms with Crippen LogP contribution >= 0.6 is 0 Å². The van der Waals surface area contributed by atoms with E-state index in [4.69, 9.17) is 0 Å². The van der Waals surface area contributed by atoms with Crippen molar-refractivity contribution in [3.63, 3.8) is 0 Å². The summed E-state index contributed by atoms with van der Waals surface area (Å²) in [5.74, 6) is 0.451. The van der Waals surface area contributed by atoms with Crippen LogP contribution in [0.4, 0.5) is 0 Å². The van der Waals surface area contributed by atoms with Crippen molar-refractivity contribution < 1.29 is 9.59 Å². The second-order valence-corrected chi connectivity index (χ2v) is 7.52. The molecule has 0 aliphatic carbocycles. The van der Waals surface area contributed by atoms with Crippen molar-refractivity contribution in [3.05, 3.63) is 52.8 Å². The van der Waals surface area contributed by atoms with Crippen LogP contribution in [-0.2, 0) is 4.79 Å². The molecule has 1 atom stereocenters. The molecular formula is C21H27N3O2. The fraction of sp³-hybridized carbons (Fsp3) is 0.429. The van der Waals surface area contributed by atoms with Gasteiger partial charge in [0, 0.05) is 37.1 Å². The van der Waals surface area contributed by atoms with E-state index in [-0.39, 0.29) is 17.9 Å². The van der Waals surface area contributed by atoms with Crippen LogP contribution in [0.5, 0.6) is 0 Å². The quantitative estimate of drug-likeness (QED) is 0.918. The Morgan fingerprint density at radius 1 is 1.19 bits per heavy atom. The molecule has 5 nitrogen and oxygen atoms in total. The van der Waals surface area contributed by atoms with E-state index in [1.807, 2.05) is 19.9 Å². The van der Waals surface area contributed by atoms with Crippen LogP contribution in [0.1, 0.15) is 53.5 Å². The summed E-state index contributed by atoms with van der Waals surface area (Å²) in [5.41, 5.74) is 4.94. The molecule has 0 radical (unpaired) electrons. The average molecular weight is 353 g/mol. The predicted octanol–water partition coefficient (Wildman–Crippen LogP) is 3.18. The van der Waals surface area contributed by atoms with Crippen molar-refractivity contribution >= 4 is 11.8 Å². The Bertz CT molecular complexity index is 834. The fourth-order valence-corrected chi connectivity index (χ4v) is 3.62. The van der Waals surface area contributed by atoms with Crippen molar-refractivity contribution in [2.75, 3.05) is 13.6 Å². The Morgan fingerprint density at radius 2 is 1.85 bits per heavy atom. The van der Waals surface area contributed by atoms with Crippen LogP contribution in [0.15, 0.2) is 30.3 Å². The van der Waals surface area contributed by atoms with Gasteiger partial charge >= 0.3 is 0 Å². The van der Waals surface area contributed by atoms with Gasteiger partial charge in [-0.1, -0.05) is 26.0 Å². The third-order valence-corrected chi connectivity index (χ3v) is 5.17. The number of hydrogen-bond acceptors (Lipinski definition) is 2. The van der Waals surface area contributed by atoms with Gasteiger partial charge < -0.3 is 14.8 Å². The number of aromatic nitrogens is 1. The van der Waals surface area contributed by atoms with Gasteiger partial charge in [0.25, 0.3) is 5.91 Å². The summed E-state index contributed by atoms with van der Waals surface area (Å²) in [6.45, 7) is 8.89. The highest BCUT2D eigenvalue weighted by Crippen LogP contribution is 2.23. The SMILES string of the molecule is Cc1cc(C(=O)NC2CC(=O)N(C)C2)c(C)n1-c1ccc(C(C)C)cc1. The lowest BCUT2D eigenvalue weighted by atomic mass is 10.0. The highest BCUT2D eigenvalue weighted by atomic mass is 16.2. The Morgan fingerprint density at radius 3 is 2.38 bits per heavy atom. The molecular weight excluding hydrogens is 326 g/mol. The average Bonchev–Trinajstić information content (AvgIpc) is 3.06. The first-order valence-corrected chi connectivity index (χ1v) is 9.12. The largest absolute Gasteiger partial charge is 0.347 e. The normalized spacial score (nSPS) is 17.2. The number of nitrogens with one attached hydrogen (secondary N) is 1. The van der Waals surface area contributed by atoms with E-state index in [2.05, 4.69) is 48.0 Å². The van der Waals surface area contributed by atoms with E-state index in [1.165, 1.54) is 5.56 Å². The molecule has 1 unspecified atom stereocenters. The smallest absolute Gasteiger partial charge is 0.253 e. The van der Waals surface area contributed by atoms with E-state index in [0.717, 1.165) is 17.1 Å². The second kappa shape index (κ2) is 6.98. The monoisotopic (exact) mass is 353 g/mol. The van der Waals surface area contributed by atoms with Crippen molar-refractivity contribution in [1.82, 2.24) is 14.8 Å². The molecule has 0 bridgehead atoms. The number of amides is 2. The Hall–Kier alpha value is -2.56. The van der Waals surface area contributed by atoms with E-state index in [0.29, 0.717) is 24.4 Å². The van der Waals surface area contributed by atoms with Gasteiger partial charge in [-0.05, 0) is 43.5 Å². The molecule has 2 amide bonds. The van der Waals surface area contributed by atoms with Crippen molar-refractivity contribution in [2.24, 2.45) is 0 Å². The zero-order valence-corrected chi connectivity index (χ0v) is 16.2. The molecule has 0 spiro atoms. The van der Waals surface area contributed by atoms with E-state index in [1.54, 1.807) is 11.9 Å². The van der Waals surface area contributed by atoms with Crippen molar-refractivity contribution in [2.45, 2.75) is 46.1 Å². The van der Waals surface area contributed by atoms with Crippen LogP contribution in [0.3, 0.4) is 0 Å². The molecule has 5 heteroatoms. The number of benzene rings is 1. The summed E-state index contributed by atoms with van der Waals surface area (Å²) in [4.78, 5) is 26.0. The molecule has 26 heavy (non-hydrogen) atoms. The number of aryl methyl sites for hydroxylation is 1. The summed E-state index contributed by atoms with van der Waals surface area (Å²) < 4.78 is 2.10. The maximum Gasteiger partial charge on any atom is 0.253 e. The predicted molar refractivity (Wildman–Crippen MR) is 103 cm³/mol. The number of likely N-dealkylation sites (tertiary alicyclic amines) is 1. The minimum atomic E-state index is -0.117. The van der Waals surface area contributed by atoms with Gasteiger partial charge in [0.1, 0.15) is 0 Å². The van der Waals surface area contributed by atoms with E-state index in [9.17, 15) is 9.59 Å². The zero-order chi connectivity index (χ0) is 19.0. The first-order chi connectivity index (χ1) is 12.3. The lowest BCUT2D eigenvalue weighted by Crippen LogP contribution is -2.36. The summed E-state index contributed by atoms with van der Waals surface area (Å²) >= 11 is 0. The highest BCUT2D eigenvalue weighted by molar-refractivity contribution is 5.96. The Balaban J connectivity index is 1.83. The first-order valence-electron chi connectivity index (χ1n) is 9.12. The molecule has 1 aromatic heterocycles. The van der Waals surface area contributed by atoms with Crippen LogP contribution in [-0.4, -0.2) is 40.9 Å². The summed E-state index contributed by atoms with van der Waals surface area (Å²) in [5, 5.41) is 3.00. The number of rotatable bonds is 4. The van der Waals surface area contributed by atoms with Crippen LogP contribution in [0.25, 0.3) is 5.69 Å². The Kier molecular flexibility index (Phi) is 4.90. The number of carbonyl (C=O) groups excluding carboxylic acids is 2. The topological polar surface area (TPSA) is 54.3 Å². The van der Waals surface area contributed by atoms with Crippen LogP contribution in [0, 0.1) is 13.8 Å². The molecule has 138 valence electrons. The second-order valence-electron chi connectivity index (χ2n) is 7.52. The molecule has 1 aliphatic heterocycles. The van der Waals surface area contributed by atoms with Gasteiger partial charge in [-0.2, -0.15) is 0 Å². The zero-order valence-electron chi connectivity index (χ0n) is 16.2. The number of likely N-dealkylation sites (N-methyl/N-ethyl adjacent to an activating group) is 1. The molecule has 0 saturated carbocycles. The summed E-state index contributed by atoms with van der Waals surface area (Å²) in [6.07, 6.45) is 0.373. The van der Waals surface area contributed by atoms with E-state index >= 15 is 0 Å². The van der Waals surface area contributed by atoms with Crippen LogP contribution in [0.2, 0.25) is 0 Å². The van der Waals surface area contributed by atoms with Gasteiger partial charge in [0.05, 0.1) is 11.6 Å². The third kappa shape index (κ3) is 3.39. The maximum atomic E-state index is 12.7. The number of hydrogen-bond donors (Lipinski definition) is 1. The Labute approximate surface area is 155 Å². The lowest BCUT2D eigenvalue weighted by molar-refractivity contribution is -0.126. The maximum absolute atomic E-state index is 12.7. The molecule has 1 N–H and O–H groups in total. The molecule has 2 aromatic rings. The number of carbonyl (C=O) groups is 2. The van der Waals surface area contributed by atoms with Gasteiger partial charge in [-0.25, -0.2) is 0 Å². The van der Waals surface area contributed by atoms with Gasteiger partial charge in [-0.3, -0.25) is 9.59 Å². The van der Waals surface area contributed by atoms with Crippen LogP contribution < -0.4 is 5.32 Å². The van der Waals surface area contributed by atoms with Gasteiger partial charge in [0.15, 0.2) is 0 Å². The van der Waals surface area contributed by atoms with Crippen molar-refractivity contribution in [3.8, 4) is 5.69 Å². The molecule has 2 heterocycles. The summed E-state index contributed by atoms with van der Waals surface area (Å²) in [7, 11) is 1.77. The molecule has 1 saturated heterocycles. The molecule has 1 aromatic carbocycles. The third-order valence-electron chi connectivity index (χ3n) is 5.17. The standard InChI is InChI=1S/C21H27N3O2/c1-13(2)16-6-8-18(9-7-16)24-14(3)10-19(15(24)4)21(26)22-17-11-20(25)23(5)12-17/h6-10,13,17H,11-12H2,1-5H3,(H,22,26). The highest BCUT2D eigenvalue weighted by Gasteiger charge is 2.29. The van der Waals surface area contributed by atoms with Gasteiger partial charge in [-0.15, -0.1) is 0 Å². The first kappa shape index (κ1) is 18.2. The minimum Gasteiger partial charge on any atom is -0.347 e. The van der Waals surface area contributed by atoms with Crippen molar-refractivity contribution in [1.29, 1.82) is 0 Å². The van der Waals surface area contributed by atoms with Gasteiger partial charge in [0.2, 0.25) is 5.91 Å². The molecule has 1 fully saturated rings. The molecule has 1 aliphatic rings.